The van der Waals surface area contributed by atoms with Crippen LogP contribution in [0.15, 0.2) is 11.6 Å². The van der Waals surface area contributed by atoms with Crippen LogP contribution in [0.4, 0.5) is 0 Å². The molecule has 2 heterocycles. The first kappa shape index (κ1) is 15.9. The van der Waals surface area contributed by atoms with E-state index in [0.717, 1.165) is 30.8 Å². The molecule has 20 heavy (non-hydrogen) atoms. The fourth-order valence-electron chi connectivity index (χ4n) is 2.62. The van der Waals surface area contributed by atoms with Gasteiger partial charge in [-0.2, -0.15) is 0 Å². The Morgan fingerprint density at radius 2 is 2.40 bits per heavy atom. The number of rotatable bonds is 6. The van der Waals surface area contributed by atoms with Crippen molar-refractivity contribution in [3.8, 4) is 0 Å². The van der Waals surface area contributed by atoms with Gasteiger partial charge in [-0.1, -0.05) is 6.92 Å². The first-order chi connectivity index (χ1) is 9.50. The molecule has 0 aliphatic carbocycles. The van der Waals surface area contributed by atoms with Gasteiger partial charge in [-0.15, -0.1) is 11.3 Å². The van der Waals surface area contributed by atoms with E-state index < -0.39 is 10.0 Å². The molecule has 1 saturated heterocycles. The van der Waals surface area contributed by atoms with E-state index in [2.05, 4.69) is 17.2 Å². The average molecular weight is 317 g/mol. The van der Waals surface area contributed by atoms with Gasteiger partial charge in [0.2, 0.25) is 10.0 Å². The van der Waals surface area contributed by atoms with Crippen LogP contribution in [0.3, 0.4) is 0 Å². The van der Waals surface area contributed by atoms with Gasteiger partial charge in [0.05, 0.1) is 12.3 Å². The van der Waals surface area contributed by atoms with Crippen LogP contribution in [0.2, 0.25) is 0 Å². The summed E-state index contributed by atoms with van der Waals surface area (Å²) in [5.74, 6) is 0.396. The third kappa shape index (κ3) is 4.25. The number of nitrogens with one attached hydrogen (secondary N) is 1. The molecule has 1 aromatic rings. The molecule has 0 amide bonds. The second-order valence-electron chi connectivity index (χ2n) is 5.37. The Kier molecular flexibility index (Phi) is 5.54. The molecule has 1 aromatic heterocycles. The zero-order chi connectivity index (χ0) is 14.6. The largest absolute Gasteiger partial charge is 0.308 e. The van der Waals surface area contributed by atoms with Crippen molar-refractivity contribution < 1.29 is 8.42 Å². The number of thiazole rings is 1. The molecule has 0 bridgehead atoms. The molecule has 1 fully saturated rings. The fourth-order valence-corrected chi connectivity index (χ4v) is 4.36. The van der Waals surface area contributed by atoms with Crippen molar-refractivity contribution in [2.24, 2.45) is 5.92 Å². The number of sulfonamides is 1. The summed E-state index contributed by atoms with van der Waals surface area (Å²) in [5.41, 5.74) is 0. The van der Waals surface area contributed by atoms with Crippen LogP contribution in [0.1, 0.15) is 37.2 Å². The zero-order valence-corrected chi connectivity index (χ0v) is 13.7. The maximum Gasteiger partial charge on any atom is 0.211 e. The zero-order valence-electron chi connectivity index (χ0n) is 12.1. The van der Waals surface area contributed by atoms with Crippen molar-refractivity contribution in [2.75, 3.05) is 25.9 Å². The van der Waals surface area contributed by atoms with Crippen molar-refractivity contribution >= 4 is 21.4 Å². The Labute approximate surface area is 125 Å². The van der Waals surface area contributed by atoms with Gasteiger partial charge in [0.25, 0.3) is 0 Å². The number of nitrogens with zero attached hydrogens (tertiary/aromatic N) is 2. The highest BCUT2D eigenvalue weighted by Gasteiger charge is 2.26. The van der Waals surface area contributed by atoms with Crippen LogP contribution < -0.4 is 5.32 Å². The van der Waals surface area contributed by atoms with Gasteiger partial charge in [0, 0.05) is 24.7 Å². The first-order valence-electron chi connectivity index (χ1n) is 7.08. The standard InChI is InChI=1S/C13H23N3O2S2/c1-3-12(13-14-6-8-19-13)15-9-11-5-4-7-16(10-11)20(2,17)18/h6,8,11-12,15H,3-5,7,9-10H2,1-2H3. The molecule has 2 rings (SSSR count). The number of hydrogen-bond acceptors (Lipinski definition) is 5. The molecule has 1 aliphatic heterocycles. The van der Waals surface area contributed by atoms with Crippen LogP contribution in [-0.4, -0.2) is 43.6 Å². The Morgan fingerprint density at radius 1 is 1.60 bits per heavy atom. The summed E-state index contributed by atoms with van der Waals surface area (Å²) in [4.78, 5) is 4.36. The molecule has 0 aromatic carbocycles. The first-order valence-corrected chi connectivity index (χ1v) is 9.81. The molecule has 0 radical (unpaired) electrons. The fraction of sp³-hybridized carbons (Fsp3) is 0.769. The second-order valence-corrected chi connectivity index (χ2v) is 8.28. The van der Waals surface area contributed by atoms with E-state index in [0.29, 0.717) is 19.0 Å². The Balaban J connectivity index is 1.87. The van der Waals surface area contributed by atoms with Gasteiger partial charge in [-0.3, -0.25) is 0 Å². The van der Waals surface area contributed by atoms with E-state index in [1.165, 1.54) is 6.26 Å². The van der Waals surface area contributed by atoms with Crippen LogP contribution in [-0.2, 0) is 10.0 Å². The van der Waals surface area contributed by atoms with E-state index in [9.17, 15) is 8.42 Å². The highest BCUT2D eigenvalue weighted by molar-refractivity contribution is 7.88. The maximum absolute atomic E-state index is 11.6. The second kappa shape index (κ2) is 6.98. The minimum atomic E-state index is -3.05. The lowest BCUT2D eigenvalue weighted by Gasteiger charge is -2.31. The highest BCUT2D eigenvalue weighted by Crippen LogP contribution is 2.22. The van der Waals surface area contributed by atoms with Crippen molar-refractivity contribution in [3.63, 3.8) is 0 Å². The van der Waals surface area contributed by atoms with Gasteiger partial charge in [0.1, 0.15) is 5.01 Å². The summed E-state index contributed by atoms with van der Waals surface area (Å²) < 4.78 is 24.8. The molecule has 1 N–H and O–H groups in total. The monoisotopic (exact) mass is 317 g/mol. The summed E-state index contributed by atoms with van der Waals surface area (Å²) in [7, 11) is -3.05. The van der Waals surface area contributed by atoms with Crippen LogP contribution in [0.25, 0.3) is 0 Å². The van der Waals surface area contributed by atoms with Crippen molar-refractivity contribution in [1.29, 1.82) is 0 Å². The molecule has 2 atom stereocenters. The normalized spacial score (nSPS) is 22.8. The van der Waals surface area contributed by atoms with Crippen LogP contribution in [0, 0.1) is 5.92 Å². The molecule has 2 unspecified atom stereocenters. The lowest BCUT2D eigenvalue weighted by atomic mass is 9.99. The Morgan fingerprint density at radius 3 is 3.00 bits per heavy atom. The topological polar surface area (TPSA) is 62.3 Å². The van der Waals surface area contributed by atoms with Crippen LogP contribution >= 0.6 is 11.3 Å². The van der Waals surface area contributed by atoms with E-state index in [-0.39, 0.29) is 6.04 Å². The molecular weight excluding hydrogens is 294 g/mol. The van der Waals surface area contributed by atoms with Gasteiger partial charge >= 0.3 is 0 Å². The molecular formula is C13H23N3O2S2. The summed E-state index contributed by atoms with van der Waals surface area (Å²) >= 11 is 1.67. The number of hydrogen-bond donors (Lipinski definition) is 1. The summed E-state index contributed by atoms with van der Waals surface area (Å²) in [6, 6.07) is 0.281. The molecule has 0 saturated carbocycles. The van der Waals surface area contributed by atoms with Gasteiger partial charge in [-0.25, -0.2) is 17.7 Å². The van der Waals surface area contributed by atoms with Gasteiger partial charge < -0.3 is 5.32 Å². The molecule has 114 valence electrons. The summed E-state index contributed by atoms with van der Waals surface area (Å²) in [6.07, 6.45) is 6.17. The lowest BCUT2D eigenvalue weighted by molar-refractivity contribution is 0.254. The van der Waals surface area contributed by atoms with Crippen molar-refractivity contribution in [1.82, 2.24) is 14.6 Å². The van der Waals surface area contributed by atoms with E-state index >= 15 is 0 Å². The van der Waals surface area contributed by atoms with E-state index in [4.69, 9.17) is 0 Å². The third-order valence-electron chi connectivity index (χ3n) is 3.76. The lowest BCUT2D eigenvalue weighted by Crippen LogP contribution is -2.42. The Hall–Kier alpha value is -0.500. The molecule has 1 aliphatic rings. The molecule has 7 heteroatoms. The number of aromatic nitrogens is 1. The minimum Gasteiger partial charge on any atom is -0.308 e. The predicted octanol–water partition coefficient (Wildman–Crippen LogP) is 1.86. The maximum atomic E-state index is 11.6. The van der Waals surface area contributed by atoms with Crippen molar-refractivity contribution in [3.05, 3.63) is 16.6 Å². The highest BCUT2D eigenvalue weighted by atomic mass is 32.2. The summed E-state index contributed by atoms with van der Waals surface area (Å²) in [5, 5.41) is 6.65. The van der Waals surface area contributed by atoms with E-state index in [1.54, 1.807) is 15.6 Å². The van der Waals surface area contributed by atoms with E-state index in [1.807, 2.05) is 11.6 Å². The smallest absolute Gasteiger partial charge is 0.211 e. The third-order valence-corrected chi connectivity index (χ3v) is 5.92. The van der Waals surface area contributed by atoms with Crippen molar-refractivity contribution in [2.45, 2.75) is 32.2 Å². The molecule has 0 spiro atoms. The predicted molar refractivity (Wildman–Crippen MR) is 82.3 cm³/mol. The quantitative estimate of drug-likeness (QED) is 0.870. The summed E-state index contributed by atoms with van der Waals surface area (Å²) in [6.45, 7) is 4.30. The SMILES string of the molecule is CCC(NCC1CCCN(S(C)(=O)=O)C1)c1nccs1. The minimum absolute atomic E-state index is 0.281. The number of piperidine rings is 1. The molecule has 5 nitrogen and oxygen atoms in total. The Bertz CT molecular complexity index is 502. The average Bonchev–Trinajstić information content (AvgIpc) is 2.93. The van der Waals surface area contributed by atoms with Gasteiger partial charge in [-0.05, 0) is 31.7 Å². The van der Waals surface area contributed by atoms with Crippen LogP contribution in [0.5, 0.6) is 0 Å². The van der Waals surface area contributed by atoms with Gasteiger partial charge in [0.15, 0.2) is 0 Å².